The van der Waals surface area contributed by atoms with Crippen LogP contribution in [0.25, 0.3) is 0 Å². The molecule has 2 rings (SSSR count). The Bertz CT molecular complexity index is 347. The van der Waals surface area contributed by atoms with Crippen molar-refractivity contribution < 1.29 is 10.0 Å². The molecule has 0 radical (unpaired) electrons. The van der Waals surface area contributed by atoms with E-state index in [2.05, 4.69) is 12.2 Å². The van der Waals surface area contributed by atoms with Crippen molar-refractivity contribution in [2.75, 3.05) is 0 Å². The summed E-state index contributed by atoms with van der Waals surface area (Å²) in [7, 11) is -1.36. The standard InChI is InChI=1S/C11H13BO2/c13-12(14)11-8-4-3-7-10(11)9-5-1-2-6-9/h1,3-5,7-9,13-14H,2,6H2. The first-order valence-corrected chi connectivity index (χ1v) is 4.90. The normalized spacial score (nSPS) is 20.0. The maximum Gasteiger partial charge on any atom is 0.488 e. The first kappa shape index (κ1) is 9.50. The van der Waals surface area contributed by atoms with Crippen molar-refractivity contribution in [3.8, 4) is 0 Å². The van der Waals surface area contributed by atoms with Gasteiger partial charge in [0.2, 0.25) is 0 Å². The third kappa shape index (κ3) is 1.74. The zero-order valence-corrected chi connectivity index (χ0v) is 7.93. The van der Waals surface area contributed by atoms with Crippen LogP contribution in [-0.2, 0) is 0 Å². The van der Waals surface area contributed by atoms with Gasteiger partial charge in [-0.2, -0.15) is 0 Å². The highest BCUT2D eigenvalue weighted by Gasteiger charge is 2.20. The SMILES string of the molecule is OB(O)c1ccccc1C1C=CCC1. The highest BCUT2D eigenvalue weighted by molar-refractivity contribution is 6.59. The predicted molar refractivity (Wildman–Crippen MR) is 57.4 cm³/mol. The van der Waals surface area contributed by atoms with Crippen molar-refractivity contribution in [3.05, 3.63) is 42.0 Å². The second-order valence-corrected chi connectivity index (χ2v) is 3.61. The van der Waals surface area contributed by atoms with E-state index in [1.807, 2.05) is 18.2 Å². The summed E-state index contributed by atoms with van der Waals surface area (Å²) >= 11 is 0. The van der Waals surface area contributed by atoms with E-state index in [9.17, 15) is 10.0 Å². The van der Waals surface area contributed by atoms with Gasteiger partial charge in [-0.1, -0.05) is 36.4 Å². The number of rotatable bonds is 2. The van der Waals surface area contributed by atoms with Gasteiger partial charge in [-0.15, -0.1) is 0 Å². The first-order chi connectivity index (χ1) is 6.79. The molecule has 1 aromatic carbocycles. The molecule has 0 fully saturated rings. The summed E-state index contributed by atoms with van der Waals surface area (Å²) < 4.78 is 0. The van der Waals surface area contributed by atoms with Gasteiger partial charge in [0.05, 0.1) is 0 Å². The van der Waals surface area contributed by atoms with Crippen LogP contribution < -0.4 is 5.46 Å². The lowest BCUT2D eigenvalue weighted by atomic mass is 9.74. The summed E-state index contributed by atoms with van der Waals surface area (Å²) in [6, 6.07) is 7.51. The maximum atomic E-state index is 9.20. The quantitative estimate of drug-likeness (QED) is 0.532. The summed E-state index contributed by atoms with van der Waals surface area (Å²) in [5.41, 5.74) is 1.67. The number of benzene rings is 1. The van der Waals surface area contributed by atoms with Gasteiger partial charge in [0.25, 0.3) is 0 Å². The lowest BCUT2D eigenvalue weighted by Crippen LogP contribution is -2.33. The second kappa shape index (κ2) is 3.99. The molecule has 0 heterocycles. The van der Waals surface area contributed by atoms with Crippen molar-refractivity contribution in [2.24, 2.45) is 0 Å². The zero-order valence-electron chi connectivity index (χ0n) is 7.93. The first-order valence-electron chi connectivity index (χ1n) is 4.90. The van der Waals surface area contributed by atoms with Crippen molar-refractivity contribution in [1.29, 1.82) is 0 Å². The average molecular weight is 188 g/mol. The molecule has 0 bridgehead atoms. The molecule has 2 nitrogen and oxygen atoms in total. The fourth-order valence-electron chi connectivity index (χ4n) is 1.98. The molecule has 0 amide bonds. The van der Waals surface area contributed by atoms with E-state index < -0.39 is 7.12 Å². The van der Waals surface area contributed by atoms with E-state index in [0.29, 0.717) is 11.4 Å². The number of hydrogen-bond donors (Lipinski definition) is 2. The fraction of sp³-hybridized carbons (Fsp3) is 0.273. The van der Waals surface area contributed by atoms with Crippen LogP contribution in [0.3, 0.4) is 0 Å². The van der Waals surface area contributed by atoms with Crippen LogP contribution in [0, 0.1) is 0 Å². The number of allylic oxidation sites excluding steroid dienone is 2. The second-order valence-electron chi connectivity index (χ2n) is 3.61. The molecule has 0 spiro atoms. The van der Waals surface area contributed by atoms with Gasteiger partial charge >= 0.3 is 7.12 Å². The largest absolute Gasteiger partial charge is 0.488 e. The van der Waals surface area contributed by atoms with E-state index in [1.165, 1.54) is 0 Å². The topological polar surface area (TPSA) is 40.5 Å². The van der Waals surface area contributed by atoms with Crippen molar-refractivity contribution in [2.45, 2.75) is 18.8 Å². The Labute approximate surface area is 84.0 Å². The molecule has 1 atom stereocenters. The molecule has 1 unspecified atom stereocenters. The van der Waals surface area contributed by atoms with Gasteiger partial charge in [0.15, 0.2) is 0 Å². The minimum atomic E-state index is -1.36. The van der Waals surface area contributed by atoms with E-state index in [1.54, 1.807) is 6.07 Å². The molecule has 2 N–H and O–H groups in total. The molecular formula is C11H13BO2. The van der Waals surface area contributed by atoms with Crippen LogP contribution in [0.15, 0.2) is 36.4 Å². The monoisotopic (exact) mass is 188 g/mol. The Balaban J connectivity index is 2.35. The molecule has 0 saturated carbocycles. The molecule has 72 valence electrons. The predicted octanol–water partition coefficient (Wildman–Crippen LogP) is 0.800. The smallest absolute Gasteiger partial charge is 0.423 e. The maximum absolute atomic E-state index is 9.20. The molecular weight excluding hydrogens is 175 g/mol. The summed E-state index contributed by atoms with van der Waals surface area (Å²) in [5, 5.41) is 18.4. The van der Waals surface area contributed by atoms with Crippen LogP contribution in [0.1, 0.15) is 24.3 Å². The molecule has 1 aliphatic rings. The zero-order chi connectivity index (χ0) is 9.97. The Kier molecular flexibility index (Phi) is 2.70. The van der Waals surface area contributed by atoms with Crippen molar-refractivity contribution in [1.82, 2.24) is 0 Å². The molecule has 0 aromatic heterocycles. The minimum Gasteiger partial charge on any atom is -0.423 e. The lowest BCUT2D eigenvalue weighted by molar-refractivity contribution is 0.425. The molecule has 3 heteroatoms. The summed E-state index contributed by atoms with van der Waals surface area (Å²) in [4.78, 5) is 0. The fourth-order valence-corrected chi connectivity index (χ4v) is 1.98. The highest BCUT2D eigenvalue weighted by Crippen LogP contribution is 2.26. The van der Waals surface area contributed by atoms with Crippen LogP contribution in [0.2, 0.25) is 0 Å². The van der Waals surface area contributed by atoms with E-state index in [-0.39, 0.29) is 0 Å². The van der Waals surface area contributed by atoms with Gasteiger partial charge in [-0.05, 0) is 23.9 Å². The Morgan fingerprint density at radius 3 is 2.64 bits per heavy atom. The van der Waals surface area contributed by atoms with Gasteiger partial charge in [0.1, 0.15) is 0 Å². The van der Waals surface area contributed by atoms with Gasteiger partial charge in [-0.3, -0.25) is 0 Å². The molecule has 0 aliphatic heterocycles. The van der Waals surface area contributed by atoms with E-state index >= 15 is 0 Å². The van der Waals surface area contributed by atoms with Gasteiger partial charge in [0, 0.05) is 5.92 Å². The average Bonchev–Trinajstić information content (AvgIpc) is 2.70. The minimum absolute atomic E-state index is 0.355. The van der Waals surface area contributed by atoms with Crippen LogP contribution >= 0.6 is 0 Å². The van der Waals surface area contributed by atoms with Crippen LogP contribution in [0.5, 0.6) is 0 Å². The Hall–Kier alpha value is -1.06. The van der Waals surface area contributed by atoms with Crippen molar-refractivity contribution >= 4 is 12.6 Å². The van der Waals surface area contributed by atoms with Crippen LogP contribution in [-0.4, -0.2) is 17.2 Å². The molecule has 14 heavy (non-hydrogen) atoms. The third-order valence-electron chi connectivity index (χ3n) is 2.69. The number of hydrogen-bond acceptors (Lipinski definition) is 2. The van der Waals surface area contributed by atoms with E-state index in [0.717, 1.165) is 18.4 Å². The molecule has 1 aliphatic carbocycles. The van der Waals surface area contributed by atoms with Crippen molar-refractivity contribution in [3.63, 3.8) is 0 Å². The molecule has 1 aromatic rings. The summed E-state index contributed by atoms with van der Waals surface area (Å²) in [5.74, 6) is 0.355. The third-order valence-corrected chi connectivity index (χ3v) is 2.69. The molecule has 0 saturated heterocycles. The summed E-state index contributed by atoms with van der Waals surface area (Å²) in [6.45, 7) is 0. The van der Waals surface area contributed by atoms with Gasteiger partial charge < -0.3 is 10.0 Å². The summed E-state index contributed by atoms with van der Waals surface area (Å²) in [6.07, 6.45) is 6.44. The van der Waals surface area contributed by atoms with E-state index in [4.69, 9.17) is 0 Å². The highest BCUT2D eigenvalue weighted by atomic mass is 16.4. The Morgan fingerprint density at radius 2 is 2.00 bits per heavy atom. The van der Waals surface area contributed by atoms with Gasteiger partial charge in [-0.25, -0.2) is 0 Å². The van der Waals surface area contributed by atoms with Crippen LogP contribution in [0.4, 0.5) is 0 Å². The Morgan fingerprint density at radius 1 is 1.21 bits per heavy atom. The lowest BCUT2D eigenvalue weighted by Gasteiger charge is -2.13.